The third kappa shape index (κ3) is 9.67. The lowest BCUT2D eigenvalue weighted by molar-refractivity contribution is 0.0529. The topological polar surface area (TPSA) is 84.0 Å². The predicted octanol–water partition coefficient (Wildman–Crippen LogP) is 2.80. The van der Waals surface area contributed by atoms with Gasteiger partial charge in [-0.1, -0.05) is 6.07 Å². The predicted molar refractivity (Wildman–Crippen MR) is 105 cm³/mol. The second-order valence-corrected chi connectivity index (χ2v) is 6.75. The van der Waals surface area contributed by atoms with Crippen LogP contribution in [0.2, 0.25) is 0 Å². The summed E-state index contributed by atoms with van der Waals surface area (Å²) in [5.41, 5.74) is 0.209. The average Bonchev–Trinajstić information content (AvgIpc) is 2.57. The van der Waals surface area contributed by atoms with Crippen LogP contribution in [0.1, 0.15) is 40.2 Å². The SMILES string of the molecule is CCNC(=NCc1ccc(OCC)c(F)c1)NCCNC(=O)OC(C)(C)C. The fourth-order valence-electron chi connectivity index (χ4n) is 2.09. The Morgan fingerprint density at radius 3 is 2.44 bits per heavy atom. The Balaban J connectivity index is 2.50. The third-order valence-corrected chi connectivity index (χ3v) is 3.15. The van der Waals surface area contributed by atoms with Crippen LogP contribution in [0.25, 0.3) is 0 Å². The monoisotopic (exact) mass is 382 g/mol. The smallest absolute Gasteiger partial charge is 0.407 e. The summed E-state index contributed by atoms with van der Waals surface area (Å²) >= 11 is 0. The van der Waals surface area contributed by atoms with Crippen LogP contribution in [-0.2, 0) is 11.3 Å². The standard InChI is InChI=1S/C19H31FN4O3/c1-6-21-17(22-10-11-23-18(25)27-19(3,4)5)24-13-14-8-9-16(26-7-2)15(20)12-14/h8-9,12H,6-7,10-11,13H2,1-5H3,(H,23,25)(H2,21,22,24). The highest BCUT2D eigenvalue weighted by atomic mass is 19.1. The first-order chi connectivity index (χ1) is 12.7. The summed E-state index contributed by atoms with van der Waals surface area (Å²) in [6.07, 6.45) is -0.462. The maximum atomic E-state index is 13.9. The van der Waals surface area contributed by atoms with Gasteiger partial charge in [0, 0.05) is 19.6 Å². The number of amides is 1. The number of nitrogens with zero attached hydrogens (tertiary/aromatic N) is 1. The molecule has 0 aliphatic carbocycles. The molecule has 27 heavy (non-hydrogen) atoms. The first-order valence-corrected chi connectivity index (χ1v) is 9.15. The quantitative estimate of drug-likeness (QED) is 0.366. The zero-order chi connectivity index (χ0) is 20.3. The Kier molecular flexibility index (Phi) is 9.39. The fraction of sp³-hybridized carbons (Fsp3) is 0.579. The van der Waals surface area contributed by atoms with E-state index in [0.29, 0.717) is 38.7 Å². The molecule has 1 aromatic carbocycles. The lowest BCUT2D eigenvalue weighted by Crippen LogP contribution is -2.42. The molecule has 0 unspecified atom stereocenters. The number of hydrogen-bond acceptors (Lipinski definition) is 4. The van der Waals surface area contributed by atoms with Crippen molar-refractivity contribution in [1.82, 2.24) is 16.0 Å². The Morgan fingerprint density at radius 2 is 1.85 bits per heavy atom. The van der Waals surface area contributed by atoms with Gasteiger partial charge in [-0.2, -0.15) is 0 Å². The fourth-order valence-corrected chi connectivity index (χ4v) is 2.09. The Labute approximate surface area is 160 Å². The maximum absolute atomic E-state index is 13.9. The molecule has 1 amide bonds. The van der Waals surface area contributed by atoms with Crippen molar-refractivity contribution in [2.45, 2.75) is 46.8 Å². The minimum Gasteiger partial charge on any atom is -0.491 e. The number of aliphatic imine (C=N–C) groups is 1. The van der Waals surface area contributed by atoms with E-state index >= 15 is 0 Å². The normalized spacial score (nSPS) is 11.7. The molecule has 0 aromatic heterocycles. The molecular weight excluding hydrogens is 351 g/mol. The van der Waals surface area contributed by atoms with Crippen LogP contribution in [0.15, 0.2) is 23.2 Å². The van der Waals surface area contributed by atoms with E-state index in [0.717, 1.165) is 5.56 Å². The molecule has 3 N–H and O–H groups in total. The number of rotatable bonds is 8. The Morgan fingerprint density at radius 1 is 1.15 bits per heavy atom. The summed E-state index contributed by atoms with van der Waals surface area (Å²) in [6, 6.07) is 4.81. The Bertz CT molecular complexity index is 630. The first kappa shape index (κ1) is 22.5. The maximum Gasteiger partial charge on any atom is 0.407 e. The minimum absolute atomic E-state index is 0.239. The molecule has 0 saturated heterocycles. The molecule has 0 spiro atoms. The highest BCUT2D eigenvalue weighted by molar-refractivity contribution is 5.79. The summed E-state index contributed by atoms with van der Waals surface area (Å²) in [5, 5.41) is 8.87. The molecule has 0 aliphatic rings. The lowest BCUT2D eigenvalue weighted by atomic mass is 10.2. The number of nitrogens with one attached hydrogen (secondary N) is 3. The number of halogens is 1. The van der Waals surface area contributed by atoms with Crippen molar-refractivity contribution in [3.05, 3.63) is 29.6 Å². The van der Waals surface area contributed by atoms with E-state index in [9.17, 15) is 9.18 Å². The highest BCUT2D eigenvalue weighted by Gasteiger charge is 2.15. The average molecular weight is 382 g/mol. The number of ether oxygens (including phenoxy) is 2. The summed E-state index contributed by atoms with van der Waals surface area (Å²) < 4.78 is 24.3. The van der Waals surface area contributed by atoms with Gasteiger partial charge in [-0.05, 0) is 52.3 Å². The summed E-state index contributed by atoms with van der Waals surface area (Å²) in [4.78, 5) is 16.0. The van der Waals surface area contributed by atoms with E-state index in [1.54, 1.807) is 12.1 Å². The van der Waals surface area contributed by atoms with Crippen molar-refractivity contribution in [2.24, 2.45) is 4.99 Å². The van der Waals surface area contributed by atoms with Gasteiger partial charge in [0.05, 0.1) is 13.2 Å². The first-order valence-electron chi connectivity index (χ1n) is 9.15. The summed E-state index contributed by atoms with van der Waals surface area (Å²) in [6.45, 7) is 11.5. The molecule has 152 valence electrons. The van der Waals surface area contributed by atoms with Crippen molar-refractivity contribution in [3.8, 4) is 5.75 Å². The Hall–Kier alpha value is -2.51. The zero-order valence-corrected chi connectivity index (χ0v) is 16.8. The molecule has 0 saturated carbocycles. The van der Waals surface area contributed by atoms with E-state index < -0.39 is 17.5 Å². The lowest BCUT2D eigenvalue weighted by Gasteiger charge is -2.19. The van der Waals surface area contributed by atoms with Gasteiger partial charge in [0.25, 0.3) is 0 Å². The van der Waals surface area contributed by atoms with Crippen molar-refractivity contribution >= 4 is 12.1 Å². The molecular formula is C19H31FN4O3. The van der Waals surface area contributed by atoms with Gasteiger partial charge in [-0.25, -0.2) is 14.2 Å². The molecule has 0 fully saturated rings. The van der Waals surface area contributed by atoms with Crippen LogP contribution < -0.4 is 20.7 Å². The number of carbonyl (C=O) groups is 1. The van der Waals surface area contributed by atoms with Gasteiger partial charge >= 0.3 is 6.09 Å². The second kappa shape index (κ2) is 11.3. The molecule has 0 atom stereocenters. The molecule has 0 heterocycles. The van der Waals surface area contributed by atoms with Gasteiger partial charge < -0.3 is 25.4 Å². The van der Waals surface area contributed by atoms with E-state index in [4.69, 9.17) is 9.47 Å². The minimum atomic E-state index is -0.527. The highest BCUT2D eigenvalue weighted by Crippen LogP contribution is 2.18. The van der Waals surface area contributed by atoms with Gasteiger partial charge in [0.15, 0.2) is 17.5 Å². The number of hydrogen-bond donors (Lipinski definition) is 3. The van der Waals surface area contributed by atoms with Gasteiger partial charge in [0.2, 0.25) is 0 Å². The second-order valence-electron chi connectivity index (χ2n) is 6.75. The summed E-state index contributed by atoms with van der Waals surface area (Å²) in [5.74, 6) is 0.422. The van der Waals surface area contributed by atoms with Gasteiger partial charge in [-0.15, -0.1) is 0 Å². The van der Waals surface area contributed by atoms with Crippen molar-refractivity contribution < 1.29 is 18.7 Å². The molecule has 1 rings (SSSR count). The number of alkyl carbamates (subject to hydrolysis) is 1. The van der Waals surface area contributed by atoms with Crippen LogP contribution in [0, 0.1) is 5.82 Å². The van der Waals surface area contributed by atoms with Gasteiger partial charge in [0.1, 0.15) is 5.60 Å². The van der Waals surface area contributed by atoms with Crippen molar-refractivity contribution in [1.29, 1.82) is 0 Å². The molecule has 7 nitrogen and oxygen atoms in total. The van der Waals surface area contributed by atoms with Crippen molar-refractivity contribution in [2.75, 3.05) is 26.2 Å². The number of benzene rings is 1. The van der Waals surface area contributed by atoms with Gasteiger partial charge in [-0.3, -0.25) is 0 Å². The van der Waals surface area contributed by atoms with Crippen molar-refractivity contribution in [3.63, 3.8) is 0 Å². The van der Waals surface area contributed by atoms with E-state index in [1.165, 1.54) is 6.07 Å². The van der Waals surface area contributed by atoms with E-state index in [1.807, 2.05) is 34.6 Å². The molecule has 0 radical (unpaired) electrons. The largest absolute Gasteiger partial charge is 0.491 e. The van der Waals surface area contributed by atoms with Crippen LogP contribution in [0.4, 0.5) is 9.18 Å². The molecule has 1 aromatic rings. The molecule has 0 aliphatic heterocycles. The molecule has 0 bridgehead atoms. The zero-order valence-electron chi connectivity index (χ0n) is 16.8. The van der Waals surface area contributed by atoms with Crippen LogP contribution in [0.5, 0.6) is 5.75 Å². The molecule has 8 heteroatoms. The third-order valence-electron chi connectivity index (χ3n) is 3.15. The van der Waals surface area contributed by atoms with E-state index in [-0.39, 0.29) is 5.75 Å². The number of carbonyl (C=O) groups excluding carboxylic acids is 1. The van der Waals surface area contributed by atoms with Crippen LogP contribution in [-0.4, -0.2) is 43.9 Å². The number of guanidine groups is 1. The summed E-state index contributed by atoms with van der Waals surface area (Å²) in [7, 11) is 0. The van der Waals surface area contributed by atoms with E-state index in [2.05, 4.69) is 20.9 Å². The van der Waals surface area contributed by atoms with Crippen LogP contribution >= 0.6 is 0 Å². The van der Waals surface area contributed by atoms with Crippen LogP contribution in [0.3, 0.4) is 0 Å².